The van der Waals surface area contributed by atoms with Crippen molar-refractivity contribution < 1.29 is 9.84 Å². The Labute approximate surface area is 93.2 Å². The highest BCUT2D eigenvalue weighted by Crippen LogP contribution is 2.25. The van der Waals surface area contributed by atoms with Gasteiger partial charge in [0.2, 0.25) is 0 Å². The molecule has 0 spiro atoms. The molecule has 1 rings (SSSR count). The van der Waals surface area contributed by atoms with Gasteiger partial charge in [0.05, 0.1) is 0 Å². The smallest absolute Gasteiger partial charge is 0.0483 e. The summed E-state index contributed by atoms with van der Waals surface area (Å²) >= 11 is 0. The van der Waals surface area contributed by atoms with E-state index in [1.165, 1.54) is 0 Å². The zero-order chi connectivity index (χ0) is 11.1. The molecular weight excluding hydrogens is 190 g/mol. The van der Waals surface area contributed by atoms with E-state index in [-0.39, 0.29) is 12.1 Å². The summed E-state index contributed by atoms with van der Waals surface area (Å²) in [6.07, 6.45) is 5.23. The van der Waals surface area contributed by atoms with Crippen LogP contribution < -0.4 is 5.32 Å². The van der Waals surface area contributed by atoms with Gasteiger partial charge >= 0.3 is 0 Å². The molecular formula is C12H25NO2. The first-order chi connectivity index (χ1) is 7.26. The fraction of sp³-hybridized carbons (Fsp3) is 1.00. The second-order valence-electron chi connectivity index (χ2n) is 4.52. The predicted molar refractivity (Wildman–Crippen MR) is 62.0 cm³/mol. The Morgan fingerprint density at radius 1 is 1.27 bits per heavy atom. The summed E-state index contributed by atoms with van der Waals surface area (Å²) in [4.78, 5) is 0. The van der Waals surface area contributed by atoms with Crippen molar-refractivity contribution in [1.29, 1.82) is 0 Å². The summed E-state index contributed by atoms with van der Waals surface area (Å²) < 4.78 is 5.40. The van der Waals surface area contributed by atoms with Gasteiger partial charge < -0.3 is 15.2 Å². The third-order valence-electron chi connectivity index (χ3n) is 3.54. The number of hydrogen-bond donors (Lipinski definition) is 2. The van der Waals surface area contributed by atoms with Gasteiger partial charge in [-0.3, -0.25) is 0 Å². The van der Waals surface area contributed by atoms with Crippen LogP contribution in [0.4, 0.5) is 0 Å². The van der Waals surface area contributed by atoms with Crippen molar-refractivity contribution in [3.8, 4) is 0 Å². The van der Waals surface area contributed by atoms with Crippen LogP contribution in [0.25, 0.3) is 0 Å². The van der Waals surface area contributed by atoms with Crippen molar-refractivity contribution >= 4 is 0 Å². The summed E-state index contributed by atoms with van der Waals surface area (Å²) in [7, 11) is 0. The lowest BCUT2D eigenvalue weighted by Gasteiger charge is -2.40. The Kier molecular flexibility index (Phi) is 5.58. The Hall–Kier alpha value is -0.120. The number of hydrogen-bond acceptors (Lipinski definition) is 3. The van der Waals surface area contributed by atoms with E-state index in [0.717, 1.165) is 45.3 Å². The van der Waals surface area contributed by atoms with Gasteiger partial charge in [-0.25, -0.2) is 0 Å². The maximum atomic E-state index is 9.16. The fourth-order valence-corrected chi connectivity index (χ4v) is 2.37. The molecule has 0 aliphatic carbocycles. The van der Waals surface area contributed by atoms with Gasteiger partial charge in [-0.2, -0.15) is 0 Å². The average molecular weight is 215 g/mol. The molecule has 2 N–H and O–H groups in total. The molecule has 1 saturated heterocycles. The molecule has 3 heteroatoms. The fourth-order valence-electron chi connectivity index (χ4n) is 2.37. The average Bonchev–Trinajstić information content (AvgIpc) is 2.28. The highest BCUT2D eigenvalue weighted by molar-refractivity contribution is 4.92. The van der Waals surface area contributed by atoms with Gasteiger partial charge in [0, 0.05) is 31.4 Å². The van der Waals surface area contributed by atoms with Crippen molar-refractivity contribution in [3.05, 3.63) is 0 Å². The number of ether oxygens (including phenoxy) is 1. The van der Waals surface area contributed by atoms with Crippen molar-refractivity contribution in [2.45, 2.75) is 57.5 Å². The predicted octanol–water partition coefficient (Wildman–Crippen LogP) is 1.70. The van der Waals surface area contributed by atoms with Crippen LogP contribution in [-0.4, -0.2) is 36.5 Å². The van der Waals surface area contributed by atoms with Crippen LogP contribution in [0.1, 0.15) is 46.0 Å². The lowest BCUT2D eigenvalue weighted by molar-refractivity contribution is 0.0218. The van der Waals surface area contributed by atoms with E-state index >= 15 is 0 Å². The van der Waals surface area contributed by atoms with E-state index < -0.39 is 0 Å². The number of aliphatic hydroxyl groups excluding tert-OH is 1. The largest absolute Gasteiger partial charge is 0.396 e. The van der Waals surface area contributed by atoms with E-state index in [9.17, 15) is 0 Å². The monoisotopic (exact) mass is 215 g/mol. The first-order valence-electron chi connectivity index (χ1n) is 6.22. The molecule has 1 aliphatic heterocycles. The maximum absolute atomic E-state index is 9.16. The topological polar surface area (TPSA) is 41.5 Å². The van der Waals surface area contributed by atoms with Crippen LogP contribution in [-0.2, 0) is 4.74 Å². The van der Waals surface area contributed by atoms with Crippen molar-refractivity contribution in [3.63, 3.8) is 0 Å². The molecule has 0 aromatic carbocycles. The second kappa shape index (κ2) is 6.46. The lowest BCUT2D eigenvalue weighted by atomic mass is 9.85. The Morgan fingerprint density at radius 3 is 2.33 bits per heavy atom. The number of rotatable bonds is 6. The summed E-state index contributed by atoms with van der Waals surface area (Å²) in [5.74, 6) is 0. The third-order valence-corrected chi connectivity index (χ3v) is 3.54. The molecule has 0 bridgehead atoms. The molecule has 1 fully saturated rings. The minimum absolute atomic E-state index is 0.129. The van der Waals surface area contributed by atoms with E-state index in [1.54, 1.807) is 0 Å². The molecule has 0 radical (unpaired) electrons. The molecule has 0 atom stereocenters. The highest BCUT2D eigenvalue weighted by Gasteiger charge is 2.32. The molecule has 15 heavy (non-hydrogen) atoms. The van der Waals surface area contributed by atoms with E-state index in [4.69, 9.17) is 9.84 Å². The third kappa shape index (κ3) is 3.74. The van der Waals surface area contributed by atoms with Gasteiger partial charge in [0.1, 0.15) is 0 Å². The first-order valence-corrected chi connectivity index (χ1v) is 6.22. The van der Waals surface area contributed by atoms with Crippen molar-refractivity contribution in [2.24, 2.45) is 0 Å². The van der Waals surface area contributed by atoms with E-state index in [0.29, 0.717) is 6.04 Å². The van der Waals surface area contributed by atoms with Gasteiger partial charge in [0.15, 0.2) is 0 Å². The van der Waals surface area contributed by atoms with Gasteiger partial charge in [-0.05, 0) is 32.1 Å². The number of aliphatic hydroxyl groups is 1. The van der Waals surface area contributed by atoms with Crippen LogP contribution in [0.2, 0.25) is 0 Å². The standard InChI is InChI=1S/C12H25NO2/c1-3-11(4-2)13-12(5-8-14)6-9-15-10-7-12/h11,13-14H,3-10H2,1-2H3. The zero-order valence-electron chi connectivity index (χ0n) is 10.1. The zero-order valence-corrected chi connectivity index (χ0v) is 10.1. The normalized spacial score (nSPS) is 20.8. The molecule has 0 saturated carbocycles. The van der Waals surface area contributed by atoms with Crippen LogP contribution in [0.3, 0.4) is 0 Å². The molecule has 0 aromatic heterocycles. The Bertz CT molecular complexity index is 157. The van der Waals surface area contributed by atoms with Gasteiger partial charge in [-0.1, -0.05) is 13.8 Å². The van der Waals surface area contributed by atoms with Crippen molar-refractivity contribution in [1.82, 2.24) is 5.32 Å². The van der Waals surface area contributed by atoms with Crippen LogP contribution >= 0.6 is 0 Å². The SMILES string of the molecule is CCC(CC)NC1(CCO)CCOCC1. The summed E-state index contributed by atoms with van der Waals surface area (Å²) in [5, 5.41) is 12.9. The second-order valence-corrected chi connectivity index (χ2v) is 4.52. The van der Waals surface area contributed by atoms with Crippen LogP contribution in [0.15, 0.2) is 0 Å². The quantitative estimate of drug-likeness (QED) is 0.708. The van der Waals surface area contributed by atoms with E-state index in [2.05, 4.69) is 19.2 Å². The first kappa shape index (κ1) is 12.9. The summed E-state index contributed by atoms with van der Waals surface area (Å²) in [5.41, 5.74) is 0.129. The molecule has 0 unspecified atom stereocenters. The van der Waals surface area contributed by atoms with Crippen LogP contribution in [0, 0.1) is 0 Å². The van der Waals surface area contributed by atoms with Crippen LogP contribution in [0.5, 0.6) is 0 Å². The minimum Gasteiger partial charge on any atom is -0.396 e. The minimum atomic E-state index is 0.129. The summed E-state index contributed by atoms with van der Waals surface area (Å²) in [6.45, 7) is 6.35. The van der Waals surface area contributed by atoms with Gasteiger partial charge in [-0.15, -0.1) is 0 Å². The molecule has 1 heterocycles. The maximum Gasteiger partial charge on any atom is 0.0483 e. The molecule has 0 aromatic rings. The van der Waals surface area contributed by atoms with Crippen molar-refractivity contribution in [2.75, 3.05) is 19.8 Å². The molecule has 3 nitrogen and oxygen atoms in total. The molecule has 1 aliphatic rings. The molecule has 90 valence electrons. The Morgan fingerprint density at radius 2 is 1.87 bits per heavy atom. The van der Waals surface area contributed by atoms with E-state index in [1.807, 2.05) is 0 Å². The van der Waals surface area contributed by atoms with Gasteiger partial charge in [0.25, 0.3) is 0 Å². The lowest BCUT2D eigenvalue weighted by Crippen LogP contribution is -2.53. The highest BCUT2D eigenvalue weighted by atomic mass is 16.5. The summed E-state index contributed by atoms with van der Waals surface area (Å²) in [6, 6.07) is 0.578. The Balaban J connectivity index is 2.54. The molecule has 0 amide bonds. The number of nitrogens with one attached hydrogen (secondary N) is 1.